The maximum Gasteiger partial charge on any atom is 0.416 e. The molecule has 3 unspecified atom stereocenters. The average Bonchev–Trinajstić information content (AvgIpc) is 3.16. The third-order valence-corrected chi connectivity index (χ3v) is 5.92. The number of hydrogen-bond donors (Lipinski definition) is 2. The van der Waals surface area contributed by atoms with E-state index in [4.69, 9.17) is 19.1 Å². The number of pyridine rings is 2. The van der Waals surface area contributed by atoms with Crippen molar-refractivity contribution in [2.24, 2.45) is 0 Å². The first-order valence-corrected chi connectivity index (χ1v) is 12.1. The molecular formula is C24H30F6N6O7. The van der Waals surface area contributed by atoms with Crippen LogP contribution in [0.15, 0.2) is 36.7 Å². The number of rotatable bonds is 8. The monoisotopic (exact) mass is 628 g/mol. The summed E-state index contributed by atoms with van der Waals surface area (Å²) in [5.74, 6) is -0.547. The van der Waals surface area contributed by atoms with Gasteiger partial charge >= 0.3 is 24.4 Å². The van der Waals surface area contributed by atoms with Crippen molar-refractivity contribution in [3.05, 3.63) is 47.8 Å². The highest BCUT2D eigenvalue weighted by Gasteiger charge is 2.45. The van der Waals surface area contributed by atoms with Gasteiger partial charge in [-0.3, -0.25) is 15.0 Å². The average molecular weight is 629 g/mol. The molecule has 2 aromatic rings. The van der Waals surface area contributed by atoms with Crippen molar-refractivity contribution in [2.75, 3.05) is 38.7 Å². The second-order valence-electron chi connectivity index (χ2n) is 8.66. The first kappa shape index (κ1) is 35.4. The largest absolute Gasteiger partial charge is 0.416 e. The number of hydroxylamine groups is 4. The topological polar surface area (TPSA) is 139 Å². The van der Waals surface area contributed by atoms with Crippen LogP contribution in [0.5, 0.6) is 0 Å². The lowest BCUT2D eigenvalue weighted by molar-refractivity contribution is -0.201. The standard InChI is InChI=1S/C13H18F3N3O4.C11H12F3N3O3/c1-8(11(21-2)22-3)19(23-4)12(20)18-10-7-9(5-6-17-10)13(14,15)16;1-6-9(18)16(10(19)17(6)20-2)8-5-7(3-4-15-8)11(12,13)14/h5-8,11H,1-4H3,(H,17,18,20);3-6,9,18H,1-2H3. The summed E-state index contributed by atoms with van der Waals surface area (Å²) in [6.07, 6.45) is -9.34. The number of ether oxygens (including phenoxy) is 2. The maximum atomic E-state index is 12.6. The van der Waals surface area contributed by atoms with E-state index < -0.39 is 60.1 Å². The van der Waals surface area contributed by atoms with E-state index in [1.54, 1.807) is 6.92 Å². The zero-order valence-electron chi connectivity index (χ0n) is 23.7. The van der Waals surface area contributed by atoms with E-state index in [1.807, 2.05) is 0 Å². The summed E-state index contributed by atoms with van der Waals surface area (Å²) in [5, 5.41) is 13.9. The van der Waals surface area contributed by atoms with Gasteiger partial charge in [0.2, 0.25) is 0 Å². The number of halogens is 6. The highest BCUT2D eigenvalue weighted by molar-refractivity contribution is 5.93. The molecule has 1 aliphatic heterocycles. The maximum absolute atomic E-state index is 12.6. The molecule has 13 nitrogen and oxygen atoms in total. The summed E-state index contributed by atoms with van der Waals surface area (Å²) >= 11 is 0. The molecule has 0 saturated carbocycles. The number of aliphatic hydroxyl groups excluding tert-OH is 1. The molecule has 19 heteroatoms. The number of hydrogen-bond acceptors (Lipinski definition) is 9. The van der Waals surface area contributed by atoms with E-state index in [1.165, 1.54) is 35.4 Å². The molecule has 3 rings (SSSR count). The molecule has 2 aromatic heterocycles. The van der Waals surface area contributed by atoms with Gasteiger partial charge in [-0.05, 0) is 38.1 Å². The van der Waals surface area contributed by atoms with Crippen LogP contribution in [0, 0.1) is 0 Å². The summed E-state index contributed by atoms with van der Waals surface area (Å²) < 4.78 is 85.9. The molecule has 240 valence electrons. The van der Waals surface area contributed by atoms with Gasteiger partial charge in [-0.1, -0.05) is 0 Å². The number of aliphatic hydroxyl groups is 1. The Morgan fingerprint density at radius 1 is 1.00 bits per heavy atom. The highest BCUT2D eigenvalue weighted by Crippen LogP contribution is 2.33. The second-order valence-corrected chi connectivity index (χ2v) is 8.66. The molecule has 43 heavy (non-hydrogen) atoms. The molecule has 0 aliphatic carbocycles. The van der Waals surface area contributed by atoms with Crippen LogP contribution in [-0.2, 0) is 31.5 Å². The zero-order valence-corrected chi connectivity index (χ0v) is 23.7. The first-order chi connectivity index (χ1) is 20.0. The SMILES string of the molecule is COC(OC)C(C)N(OC)C(=O)Nc1cc(C(F)(F)F)ccn1.CON1C(=O)N(c2cc(C(F)(F)F)ccn2)C(O)C1C. The quantitative estimate of drug-likeness (QED) is 0.251. The number of carbonyl (C=O) groups is 2. The summed E-state index contributed by atoms with van der Waals surface area (Å²) in [6.45, 7) is 3.08. The minimum absolute atomic E-state index is 0.259. The van der Waals surface area contributed by atoms with Crippen molar-refractivity contribution in [1.29, 1.82) is 0 Å². The molecule has 0 spiro atoms. The minimum Gasteiger partial charge on any atom is -0.371 e. The summed E-state index contributed by atoms with van der Waals surface area (Å²) in [4.78, 5) is 42.0. The predicted molar refractivity (Wildman–Crippen MR) is 136 cm³/mol. The number of nitrogens with zero attached hydrogens (tertiary/aromatic N) is 5. The van der Waals surface area contributed by atoms with Crippen LogP contribution in [0.2, 0.25) is 0 Å². The number of anilines is 2. The van der Waals surface area contributed by atoms with Crippen LogP contribution in [0.1, 0.15) is 25.0 Å². The fourth-order valence-corrected chi connectivity index (χ4v) is 3.81. The van der Waals surface area contributed by atoms with Gasteiger partial charge in [0.25, 0.3) is 0 Å². The minimum atomic E-state index is -4.56. The molecule has 0 aromatic carbocycles. The first-order valence-electron chi connectivity index (χ1n) is 12.1. The van der Waals surface area contributed by atoms with Crippen molar-refractivity contribution in [2.45, 2.75) is 50.8 Å². The lowest BCUT2D eigenvalue weighted by Crippen LogP contribution is -2.47. The number of methoxy groups -OCH3 is 2. The Morgan fingerprint density at radius 2 is 1.53 bits per heavy atom. The fourth-order valence-electron chi connectivity index (χ4n) is 3.81. The number of nitrogens with one attached hydrogen (secondary N) is 1. The van der Waals surface area contributed by atoms with Gasteiger partial charge < -0.3 is 14.6 Å². The highest BCUT2D eigenvalue weighted by atomic mass is 19.4. The van der Waals surface area contributed by atoms with Crippen LogP contribution in [-0.4, -0.2) is 90.3 Å². The fraction of sp³-hybridized carbons (Fsp3) is 0.500. The summed E-state index contributed by atoms with van der Waals surface area (Å²) in [5.41, 5.74) is -1.88. The molecule has 1 saturated heterocycles. The van der Waals surface area contributed by atoms with Gasteiger partial charge in [0.1, 0.15) is 23.7 Å². The number of alkyl halides is 6. The van der Waals surface area contributed by atoms with Crippen molar-refractivity contribution >= 4 is 23.7 Å². The normalized spacial score (nSPS) is 18.0. The molecule has 1 aliphatic rings. The Morgan fingerprint density at radius 3 is 2.00 bits per heavy atom. The second kappa shape index (κ2) is 14.6. The molecule has 2 N–H and O–H groups in total. The summed E-state index contributed by atoms with van der Waals surface area (Å²) in [6, 6.07) is 0.0228. The van der Waals surface area contributed by atoms with Gasteiger partial charge in [0.05, 0.1) is 25.3 Å². The summed E-state index contributed by atoms with van der Waals surface area (Å²) in [7, 11) is 5.22. The third kappa shape index (κ3) is 8.63. The number of amides is 4. The van der Waals surface area contributed by atoms with E-state index in [0.29, 0.717) is 6.07 Å². The predicted octanol–water partition coefficient (Wildman–Crippen LogP) is 4.11. The molecular weight excluding hydrogens is 598 g/mol. The van der Waals surface area contributed by atoms with Crippen molar-refractivity contribution in [1.82, 2.24) is 20.1 Å². The molecule has 1 fully saturated rings. The molecule has 3 heterocycles. The van der Waals surface area contributed by atoms with E-state index in [0.717, 1.165) is 45.6 Å². The molecule has 0 bridgehead atoms. The lowest BCUT2D eigenvalue weighted by Gasteiger charge is -2.30. The lowest BCUT2D eigenvalue weighted by atomic mass is 10.2. The van der Waals surface area contributed by atoms with Crippen molar-refractivity contribution in [3.8, 4) is 0 Å². The van der Waals surface area contributed by atoms with Crippen LogP contribution in [0.4, 0.5) is 47.6 Å². The number of carbonyl (C=O) groups excluding carboxylic acids is 2. The Kier molecular flexibility index (Phi) is 12.0. The van der Waals surface area contributed by atoms with Gasteiger partial charge in [0.15, 0.2) is 12.5 Å². The van der Waals surface area contributed by atoms with Gasteiger partial charge in [-0.2, -0.15) is 36.5 Å². The van der Waals surface area contributed by atoms with Crippen molar-refractivity contribution in [3.63, 3.8) is 0 Å². The van der Waals surface area contributed by atoms with Crippen LogP contribution < -0.4 is 10.2 Å². The zero-order chi connectivity index (χ0) is 32.7. The number of urea groups is 2. The van der Waals surface area contributed by atoms with E-state index >= 15 is 0 Å². The number of aromatic nitrogens is 2. The third-order valence-electron chi connectivity index (χ3n) is 5.92. The van der Waals surface area contributed by atoms with E-state index in [9.17, 15) is 41.0 Å². The Bertz CT molecular complexity index is 1230. The van der Waals surface area contributed by atoms with Crippen LogP contribution in [0.3, 0.4) is 0 Å². The van der Waals surface area contributed by atoms with E-state index in [-0.39, 0.29) is 11.6 Å². The Balaban J connectivity index is 0.000000303. The van der Waals surface area contributed by atoms with Gasteiger partial charge in [-0.25, -0.2) is 24.5 Å². The van der Waals surface area contributed by atoms with Crippen LogP contribution in [0.25, 0.3) is 0 Å². The Labute approximate surface area is 241 Å². The Hall–Kier alpha value is -3.78. The van der Waals surface area contributed by atoms with Crippen LogP contribution >= 0.6 is 0 Å². The smallest absolute Gasteiger partial charge is 0.371 e. The molecule has 4 amide bonds. The molecule has 3 atom stereocenters. The van der Waals surface area contributed by atoms with Gasteiger partial charge in [-0.15, -0.1) is 0 Å². The van der Waals surface area contributed by atoms with Gasteiger partial charge in [0, 0.05) is 26.6 Å². The van der Waals surface area contributed by atoms with E-state index in [2.05, 4.69) is 15.3 Å². The molecule has 0 radical (unpaired) electrons. The van der Waals surface area contributed by atoms with Crippen molar-refractivity contribution < 1.29 is 60.2 Å².